The van der Waals surface area contributed by atoms with E-state index in [1.165, 1.54) is 11.5 Å². The maximum atomic E-state index is 12.5. The quantitative estimate of drug-likeness (QED) is 0.331. The van der Waals surface area contributed by atoms with Crippen LogP contribution in [0.25, 0.3) is 17.2 Å². The molecule has 0 spiro atoms. The summed E-state index contributed by atoms with van der Waals surface area (Å²) in [6.07, 6.45) is 6.62. The van der Waals surface area contributed by atoms with Crippen molar-refractivity contribution >= 4 is 13.3 Å². The topological polar surface area (TPSA) is 71.4 Å². The van der Waals surface area contributed by atoms with E-state index in [0.29, 0.717) is 30.5 Å². The normalized spacial score (nSPS) is 12.4. The number of hydrogen-bond acceptors (Lipinski definition) is 0. The van der Waals surface area contributed by atoms with Crippen LogP contribution in [-0.4, -0.2) is 37.9 Å². The summed E-state index contributed by atoms with van der Waals surface area (Å²) in [5.41, 5.74) is 18.6. The zero-order chi connectivity index (χ0) is 17.5. The van der Waals surface area contributed by atoms with Crippen LogP contribution in [0.2, 0.25) is 11.5 Å². The van der Waals surface area contributed by atoms with Crippen molar-refractivity contribution in [2.24, 2.45) is 0 Å². The van der Waals surface area contributed by atoms with Crippen LogP contribution in [-0.2, 0) is 26.2 Å². The molecular weight excluding hydrogens is 431 g/mol. The fraction of sp³-hybridized carbons (Fsp3) is 0.714. The van der Waals surface area contributed by atoms with Gasteiger partial charge in [0.05, 0.1) is 0 Å². The molecule has 22 heavy (non-hydrogen) atoms. The fourth-order valence-corrected chi connectivity index (χ4v) is 3.89. The van der Waals surface area contributed by atoms with E-state index in [0.717, 1.165) is 0 Å². The summed E-state index contributed by atoms with van der Waals surface area (Å²) >= 11 is -3.77. The van der Waals surface area contributed by atoms with Crippen molar-refractivity contribution in [3.63, 3.8) is 0 Å². The maximum Gasteiger partial charge on any atom is 4.00 e. The van der Waals surface area contributed by atoms with Crippen LogP contribution in [0.1, 0.15) is 27.2 Å². The van der Waals surface area contributed by atoms with E-state index in [1.54, 1.807) is 32.9 Å². The predicted molar refractivity (Wildman–Crippen MR) is 88.6 cm³/mol. The largest absolute Gasteiger partial charge is 4.00 e. The zero-order valence-corrected chi connectivity index (χ0v) is 18.7. The molecule has 8 heteroatoms. The Morgan fingerprint density at radius 3 is 1.55 bits per heavy atom. The van der Waals surface area contributed by atoms with Gasteiger partial charge in [0, 0.05) is 0 Å². The van der Waals surface area contributed by atoms with Crippen molar-refractivity contribution in [3.8, 4) is 0 Å². The van der Waals surface area contributed by atoms with E-state index in [2.05, 4.69) is 6.08 Å². The predicted octanol–water partition coefficient (Wildman–Crippen LogP) is 6.20. The Bertz CT molecular complexity index is 289. The second-order valence-corrected chi connectivity index (χ2v) is 13.5. The third-order valence-electron chi connectivity index (χ3n) is 2.08. The summed E-state index contributed by atoms with van der Waals surface area (Å²) in [4.78, 5) is 0. The number of halogens is 3. The molecule has 0 aromatic carbocycles. The Labute approximate surface area is 155 Å². The first-order valence-electron chi connectivity index (χ1n) is 6.88. The van der Waals surface area contributed by atoms with Crippen LogP contribution in [0.15, 0.2) is 16.6 Å². The Kier molecular flexibility index (Phi) is 24.8. The minimum atomic E-state index is -4.00. The van der Waals surface area contributed by atoms with E-state index < -0.39 is 18.3 Å². The SMILES string of the molecule is CC[NH-].CC[NH-].CC[NH-].[CH3][Ge]([CH3])([C]1=[C-]CC=C1)[C](F)(F)F.[Zr+4]. The summed E-state index contributed by atoms with van der Waals surface area (Å²) in [7, 11) is 0. The number of rotatable bonds is 1. The smallest absolute Gasteiger partial charge is 4.00 e. The van der Waals surface area contributed by atoms with Gasteiger partial charge in [0.2, 0.25) is 0 Å². The molecule has 0 aliphatic heterocycles. The number of alkyl halides is 3. The molecule has 3 nitrogen and oxygen atoms in total. The summed E-state index contributed by atoms with van der Waals surface area (Å²) in [5, 5.41) is -4.00. The first-order chi connectivity index (χ1) is 9.60. The number of allylic oxidation sites excluding steroid dienone is 4. The van der Waals surface area contributed by atoms with Crippen molar-refractivity contribution in [1.29, 1.82) is 0 Å². The molecule has 0 unspecified atom stereocenters. The molecule has 0 aromatic heterocycles. The third kappa shape index (κ3) is 15.5. The molecular formula is C14H28F3GeN3Zr. The van der Waals surface area contributed by atoms with Crippen molar-refractivity contribution in [3.05, 3.63) is 39.8 Å². The average molecular weight is 459 g/mol. The van der Waals surface area contributed by atoms with Crippen molar-refractivity contribution < 1.29 is 39.4 Å². The third-order valence-corrected chi connectivity index (χ3v) is 8.60. The molecule has 1 aliphatic carbocycles. The summed E-state index contributed by atoms with van der Waals surface area (Å²) in [6.45, 7) is 6.88. The molecule has 1 rings (SSSR count). The van der Waals surface area contributed by atoms with Crippen LogP contribution in [0.5, 0.6) is 0 Å². The van der Waals surface area contributed by atoms with Gasteiger partial charge in [-0.05, 0) is 0 Å². The minimum absolute atomic E-state index is 0. The molecule has 0 radical (unpaired) electrons. The van der Waals surface area contributed by atoms with E-state index in [-0.39, 0.29) is 26.2 Å². The second-order valence-electron chi connectivity index (χ2n) is 4.38. The molecule has 1 aliphatic rings. The maximum absolute atomic E-state index is 12.5. The van der Waals surface area contributed by atoms with E-state index in [1.807, 2.05) is 0 Å². The summed E-state index contributed by atoms with van der Waals surface area (Å²) in [6, 6.07) is 0. The standard InChI is InChI=1S/C8H10F3Ge.3C2H6N.Zr/c1-12(2,8(9,10)11)7-5-3-4-6-7;3*1-2-3;/h3,5H,4H2,1-2H3;3*3H,2H2,1H3;/q4*-1;+4. The molecule has 0 aromatic rings. The van der Waals surface area contributed by atoms with Gasteiger partial charge in [0.25, 0.3) is 0 Å². The van der Waals surface area contributed by atoms with Crippen LogP contribution >= 0.6 is 0 Å². The number of nitrogens with one attached hydrogen (secondary N) is 3. The minimum Gasteiger partial charge on any atom is 4.00 e. The summed E-state index contributed by atoms with van der Waals surface area (Å²) < 4.78 is 37.9. The van der Waals surface area contributed by atoms with Gasteiger partial charge in [0.15, 0.2) is 0 Å². The van der Waals surface area contributed by atoms with E-state index in [9.17, 15) is 13.2 Å². The molecule has 0 saturated carbocycles. The Hall–Kier alpha value is 0.576. The molecule has 0 atom stereocenters. The first kappa shape index (κ1) is 30.5. The second kappa shape index (κ2) is 17.9. The van der Waals surface area contributed by atoms with Gasteiger partial charge in [-0.1, -0.05) is 20.8 Å². The van der Waals surface area contributed by atoms with Gasteiger partial charge in [-0.3, -0.25) is 0 Å². The molecule has 3 N–H and O–H groups in total. The van der Waals surface area contributed by atoms with Crippen molar-refractivity contribution in [2.45, 2.75) is 43.7 Å². The number of hydrogen-bond donors (Lipinski definition) is 0. The zero-order valence-electron chi connectivity index (χ0n) is 14.1. The molecule has 128 valence electrons. The van der Waals surface area contributed by atoms with Gasteiger partial charge in [0.1, 0.15) is 0 Å². The van der Waals surface area contributed by atoms with Crippen LogP contribution in [0.3, 0.4) is 0 Å². The molecule has 0 bridgehead atoms. The van der Waals surface area contributed by atoms with Gasteiger partial charge >= 0.3 is 98.2 Å². The van der Waals surface area contributed by atoms with E-state index in [4.69, 9.17) is 17.2 Å². The van der Waals surface area contributed by atoms with Gasteiger partial charge in [-0.25, -0.2) is 0 Å². The average Bonchev–Trinajstić information content (AvgIpc) is 2.84. The monoisotopic (exact) mass is 459 g/mol. The van der Waals surface area contributed by atoms with E-state index >= 15 is 0 Å². The van der Waals surface area contributed by atoms with Gasteiger partial charge in [-0.15, -0.1) is 0 Å². The fourth-order valence-electron chi connectivity index (χ4n) is 0.987. The van der Waals surface area contributed by atoms with Crippen LogP contribution in [0.4, 0.5) is 13.2 Å². The van der Waals surface area contributed by atoms with Crippen LogP contribution < -0.4 is 0 Å². The molecule has 0 saturated heterocycles. The van der Waals surface area contributed by atoms with Gasteiger partial charge in [-0.2, -0.15) is 19.6 Å². The Morgan fingerprint density at radius 1 is 1.05 bits per heavy atom. The van der Waals surface area contributed by atoms with Crippen molar-refractivity contribution in [1.82, 2.24) is 0 Å². The van der Waals surface area contributed by atoms with Gasteiger partial charge < -0.3 is 17.2 Å². The summed E-state index contributed by atoms with van der Waals surface area (Å²) in [5.74, 6) is 2.72. The van der Waals surface area contributed by atoms with Crippen LogP contribution in [0, 0.1) is 6.08 Å². The molecule has 0 amide bonds. The van der Waals surface area contributed by atoms with Crippen molar-refractivity contribution in [2.75, 3.05) is 19.6 Å². The molecule has 0 fully saturated rings. The first-order valence-corrected chi connectivity index (χ1v) is 13.2. The Morgan fingerprint density at radius 2 is 1.36 bits per heavy atom. The Balaban J connectivity index is -0.000000136. The molecule has 0 heterocycles.